The zero-order valence-corrected chi connectivity index (χ0v) is 12.8. The Hall–Kier alpha value is -2.40. The molecular weight excluding hydrogens is 280 g/mol. The molecule has 0 aliphatic rings. The van der Waals surface area contributed by atoms with E-state index >= 15 is 0 Å². The van der Waals surface area contributed by atoms with Crippen LogP contribution in [0.1, 0.15) is 28.5 Å². The van der Waals surface area contributed by atoms with Crippen molar-refractivity contribution in [1.82, 2.24) is 9.88 Å². The number of benzene rings is 1. The standard InChI is InChI=1S/C17H20N2O3/c1-19(16(9-11-20)13-6-4-3-5-7-13)17(21)15-12-14(22-2)8-10-18-15/h3-8,10,12,16,20H,9,11H2,1-2H3. The lowest BCUT2D eigenvalue weighted by Gasteiger charge is -2.28. The highest BCUT2D eigenvalue weighted by molar-refractivity contribution is 5.92. The molecule has 2 aromatic rings. The monoisotopic (exact) mass is 300 g/mol. The smallest absolute Gasteiger partial charge is 0.272 e. The van der Waals surface area contributed by atoms with Crippen LogP contribution in [0.5, 0.6) is 5.75 Å². The maximum Gasteiger partial charge on any atom is 0.272 e. The third-order valence-electron chi connectivity index (χ3n) is 3.56. The van der Waals surface area contributed by atoms with Gasteiger partial charge in [0.2, 0.25) is 0 Å². The number of aliphatic hydroxyl groups excluding tert-OH is 1. The number of ether oxygens (including phenoxy) is 1. The fourth-order valence-corrected chi connectivity index (χ4v) is 2.36. The Morgan fingerprint density at radius 1 is 1.32 bits per heavy atom. The average molecular weight is 300 g/mol. The van der Waals surface area contributed by atoms with Crippen molar-refractivity contribution < 1.29 is 14.6 Å². The van der Waals surface area contributed by atoms with Crippen LogP contribution in [0.4, 0.5) is 0 Å². The van der Waals surface area contributed by atoms with Gasteiger partial charge in [-0.3, -0.25) is 9.78 Å². The molecule has 0 aliphatic carbocycles. The van der Waals surface area contributed by atoms with Crippen LogP contribution in [0.15, 0.2) is 48.7 Å². The number of aromatic nitrogens is 1. The predicted octanol–water partition coefficient (Wildman–Crippen LogP) is 2.29. The first-order chi connectivity index (χ1) is 10.7. The lowest BCUT2D eigenvalue weighted by atomic mass is 10.0. The number of nitrogens with zero attached hydrogens (tertiary/aromatic N) is 2. The molecule has 5 nitrogen and oxygen atoms in total. The van der Waals surface area contributed by atoms with Crippen LogP contribution in [-0.2, 0) is 0 Å². The fourth-order valence-electron chi connectivity index (χ4n) is 2.36. The van der Waals surface area contributed by atoms with Crippen molar-refractivity contribution in [2.24, 2.45) is 0 Å². The van der Waals surface area contributed by atoms with Gasteiger partial charge in [-0.15, -0.1) is 0 Å². The van der Waals surface area contributed by atoms with Gasteiger partial charge in [0.15, 0.2) is 0 Å². The van der Waals surface area contributed by atoms with E-state index in [9.17, 15) is 9.90 Å². The summed E-state index contributed by atoms with van der Waals surface area (Å²) in [6.07, 6.45) is 2.01. The van der Waals surface area contributed by atoms with Gasteiger partial charge in [-0.25, -0.2) is 0 Å². The number of rotatable bonds is 6. The molecule has 1 aromatic carbocycles. The van der Waals surface area contributed by atoms with E-state index < -0.39 is 0 Å². The van der Waals surface area contributed by atoms with Gasteiger partial charge in [0.25, 0.3) is 5.91 Å². The van der Waals surface area contributed by atoms with Crippen molar-refractivity contribution in [3.05, 3.63) is 59.9 Å². The SMILES string of the molecule is COc1ccnc(C(=O)N(C)C(CCO)c2ccccc2)c1. The van der Waals surface area contributed by atoms with Gasteiger partial charge in [-0.2, -0.15) is 0 Å². The minimum atomic E-state index is -0.207. The number of carbonyl (C=O) groups is 1. The summed E-state index contributed by atoms with van der Waals surface area (Å²) in [5.41, 5.74) is 1.30. The van der Waals surface area contributed by atoms with Crippen LogP contribution >= 0.6 is 0 Å². The lowest BCUT2D eigenvalue weighted by Crippen LogP contribution is -2.32. The van der Waals surface area contributed by atoms with Crippen molar-refractivity contribution in [2.75, 3.05) is 20.8 Å². The number of aliphatic hydroxyl groups is 1. The molecule has 1 amide bonds. The number of carbonyl (C=O) groups excluding carboxylic acids is 1. The molecule has 0 bridgehead atoms. The number of hydrogen-bond acceptors (Lipinski definition) is 4. The second-order valence-corrected chi connectivity index (χ2v) is 4.94. The Balaban J connectivity index is 2.26. The topological polar surface area (TPSA) is 62.7 Å². The molecule has 0 spiro atoms. The van der Waals surface area contributed by atoms with E-state index in [4.69, 9.17) is 4.74 Å². The summed E-state index contributed by atoms with van der Waals surface area (Å²) in [6, 6.07) is 12.8. The van der Waals surface area contributed by atoms with Gasteiger partial charge in [0.1, 0.15) is 11.4 Å². The first-order valence-electron chi connectivity index (χ1n) is 7.10. The van der Waals surface area contributed by atoms with Gasteiger partial charge < -0.3 is 14.7 Å². The third-order valence-corrected chi connectivity index (χ3v) is 3.56. The number of amides is 1. The summed E-state index contributed by atoms with van der Waals surface area (Å²) < 4.78 is 5.13. The van der Waals surface area contributed by atoms with Crippen LogP contribution in [0.3, 0.4) is 0 Å². The molecule has 1 aromatic heterocycles. The van der Waals surface area contributed by atoms with Crippen LogP contribution in [0.25, 0.3) is 0 Å². The maximum atomic E-state index is 12.6. The largest absolute Gasteiger partial charge is 0.497 e. The summed E-state index contributed by atoms with van der Waals surface area (Å²) in [6.45, 7) is 0.00270. The first kappa shape index (κ1) is 16.0. The predicted molar refractivity (Wildman–Crippen MR) is 83.8 cm³/mol. The highest BCUT2D eigenvalue weighted by Crippen LogP contribution is 2.24. The van der Waals surface area contributed by atoms with Crippen LogP contribution in [-0.4, -0.2) is 41.7 Å². The molecule has 0 saturated heterocycles. The van der Waals surface area contributed by atoms with Crippen molar-refractivity contribution >= 4 is 5.91 Å². The van der Waals surface area contributed by atoms with Crippen LogP contribution in [0, 0.1) is 0 Å². The molecule has 0 aliphatic heterocycles. The van der Waals surface area contributed by atoms with Gasteiger partial charge in [-0.05, 0) is 18.1 Å². The van der Waals surface area contributed by atoms with E-state index in [-0.39, 0.29) is 18.6 Å². The van der Waals surface area contributed by atoms with Crippen molar-refractivity contribution in [2.45, 2.75) is 12.5 Å². The zero-order valence-electron chi connectivity index (χ0n) is 12.8. The number of hydrogen-bond donors (Lipinski definition) is 1. The summed E-state index contributed by atoms with van der Waals surface area (Å²) >= 11 is 0. The molecular formula is C17H20N2O3. The van der Waals surface area contributed by atoms with Gasteiger partial charge in [0.05, 0.1) is 13.2 Å². The summed E-state index contributed by atoms with van der Waals surface area (Å²) in [5, 5.41) is 9.31. The molecule has 0 saturated carbocycles. The van der Waals surface area contributed by atoms with E-state index in [1.807, 2.05) is 30.3 Å². The maximum absolute atomic E-state index is 12.6. The Bertz CT molecular complexity index is 616. The van der Waals surface area contributed by atoms with Crippen molar-refractivity contribution in [3.8, 4) is 5.75 Å². The molecule has 1 atom stereocenters. The Kier molecular flexibility index (Phi) is 5.49. The van der Waals surface area contributed by atoms with Gasteiger partial charge >= 0.3 is 0 Å². The Labute approximate surface area is 130 Å². The summed E-state index contributed by atoms with van der Waals surface area (Å²) in [5.74, 6) is 0.381. The first-order valence-corrected chi connectivity index (χ1v) is 7.10. The van der Waals surface area contributed by atoms with Gasteiger partial charge in [-0.1, -0.05) is 30.3 Å². The molecule has 1 unspecified atom stereocenters. The Morgan fingerprint density at radius 3 is 2.68 bits per heavy atom. The Morgan fingerprint density at radius 2 is 2.05 bits per heavy atom. The second kappa shape index (κ2) is 7.56. The molecule has 1 heterocycles. The number of pyridine rings is 1. The molecule has 116 valence electrons. The minimum Gasteiger partial charge on any atom is -0.497 e. The van der Waals surface area contributed by atoms with Crippen molar-refractivity contribution in [1.29, 1.82) is 0 Å². The molecule has 0 fully saturated rings. The summed E-state index contributed by atoms with van der Waals surface area (Å²) in [4.78, 5) is 18.3. The van der Waals surface area contributed by atoms with E-state index in [1.165, 1.54) is 0 Å². The van der Waals surface area contributed by atoms with Crippen LogP contribution in [0.2, 0.25) is 0 Å². The third kappa shape index (κ3) is 3.62. The highest BCUT2D eigenvalue weighted by atomic mass is 16.5. The average Bonchev–Trinajstić information content (AvgIpc) is 2.59. The molecule has 22 heavy (non-hydrogen) atoms. The van der Waals surface area contributed by atoms with Crippen LogP contribution < -0.4 is 4.74 Å². The zero-order chi connectivity index (χ0) is 15.9. The van der Waals surface area contributed by atoms with E-state index in [2.05, 4.69) is 4.98 Å². The molecule has 1 N–H and O–H groups in total. The van der Waals surface area contributed by atoms with E-state index in [0.717, 1.165) is 5.56 Å². The quantitative estimate of drug-likeness (QED) is 0.889. The fraction of sp³-hybridized carbons (Fsp3) is 0.294. The highest BCUT2D eigenvalue weighted by Gasteiger charge is 2.23. The lowest BCUT2D eigenvalue weighted by molar-refractivity contribution is 0.0699. The normalized spacial score (nSPS) is 11.8. The molecule has 0 radical (unpaired) electrons. The van der Waals surface area contributed by atoms with Crippen molar-refractivity contribution in [3.63, 3.8) is 0 Å². The minimum absolute atomic E-state index is 0.00270. The second-order valence-electron chi connectivity index (χ2n) is 4.94. The summed E-state index contributed by atoms with van der Waals surface area (Å²) in [7, 11) is 3.27. The molecule has 2 rings (SSSR count). The van der Waals surface area contributed by atoms with Gasteiger partial charge in [0, 0.05) is 25.9 Å². The van der Waals surface area contributed by atoms with E-state index in [0.29, 0.717) is 17.9 Å². The molecule has 5 heteroatoms. The van der Waals surface area contributed by atoms with E-state index in [1.54, 1.807) is 37.4 Å². The number of methoxy groups -OCH3 is 1.